The first kappa shape index (κ1) is 25.2. The minimum atomic E-state index is -1.06. The fourth-order valence-electron chi connectivity index (χ4n) is 3.29. The van der Waals surface area contributed by atoms with Crippen LogP contribution >= 0.6 is 24.0 Å². The molecule has 0 bridgehead atoms. The molecule has 1 saturated carbocycles. The van der Waals surface area contributed by atoms with Crippen molar-refractivity contribution >= 4 is 29.9 Å². The van der Waals surface area contributed by atoms with Crippen LogP contribution in [0, 0.1) is 5.41 Å². The van der Waals surface area contributed by atoms with Crippen molar-refractivity contribution in [2.75, 3.05) is 19.7 Å². The first-order valence-corrected chi connectivity index (χ1v) is 10.1. The predicted molar refractivity (Wildman–Crippen MR) is 124 cm³/mol. The quantitative estimate of drug-likeness (QED) is 0.207. The van der Waals surface area contributed by atoms with E-state index in [-0.39, 0.29) is 42.0 Å². The Morgan fingerprint density at radius 2 is 2.18 bits per heavy atom. The van der Waals surface area contributed by atoms with Gasteiger partial charge in [0.2, 0.25) is 0 Å². The molecule has 1 aliphatic carbocycles. The Labute approximate surface area is 186 Å². The summed E-state index contributed by atoms with van der Waals surface area (Å²) < 4.78 is 7.72. The molecule has 0 saturated heterocycles. The van der Waals surface area contributed by atoms with E-state index >= 15 is 0 Å². The average molecular weight is 507 g/mol. The molecule has 162 valence electrons. The molecule has 3 atom stereocenters. The molecule has 3 N–H and O–H groups in total. The minimum Gasteiger partial charge on any atom is -0.383 e. The van der Waals surface area contributed by atoms with E-state index in [0.717, 1.165) is 43.9 Å². The number of ether oxygens (including phenoxy) is 1. The van der Waals surface area contributed by atoms with E-state index in [1.807, 2.05) is 20.2 Å². The van der Waals surface area contributed by atoms with Crippen molar-refractivity contribution in [3.05, 3.63) is 18.0 Å². The zero-order chi connectivity index (χ0) is 20.1. The van der Waals surface area contributed by atoms with Gasteiger partial charge in [0.25, 0.3) is 0 Å². The number of aliphatic imine (C=N–C) groups is 1. The summed E-state index contributed by atoms with van der Waals surface area (Å²) in [4.78, 5) is 4.63. The molecule has 0 aliphatic heterocycles. The van der Waals surface area contributed by atoms with Crippen molar-refractivity contribution in [2.24, 2.45) is 17.5 Å². The number of nitrogens with zero attached hydrogens (tertiary/aromatic N) is 3. The highest BCUT2D eigenvalue weighted by Crippen LogP contribution is 2.42. The molecule has 28 heavy (non-hydrogen) atoms. The predicted octanol–water partition coefficient (Wildman–Crippen LogP) is 2.78. The van der Waals surface area contributed by atoms with Crippen molar-refractivity contribution in [2.45, 2.75) is 71.6 Å². The molecule has 1 fully saturated rings. The van der Waals surface area contributed by atoms with Gasteiger partial charge in [-0.15, -0.1) is 24.0 Å². The monoisotopic (exact) mass is 507 g/mol. The van der Waals surface area contributed by atoms with Gasteiger partial charge in [0.1, 0.15) is 5.60 Å². The van der Waals surface area contributed by atoms with Crippen LogP contribution in [0.2, 0.25) is 0 Å². The number of hydrogen-bond acceptors (Lipinski definition) is 4. The largest absolute Gasteiger partial charge is 0.383 e. The van der Waals surface area contributed by atoms with Gasteiger partial charge in [-0.1, -0.05) is 27.2 Å². The molecule has 2 rings (SSSR count). The fraction of sp³-hybridized carbons (Fsp3) is 0.800. The van der Waals surface area contributed by atoms with Gasteiger partial charge in [0, 0.05) is 43.4 Å². The van der Waals surface area contributed by atoms with Crippen molar-refractivity contribution in [3.8, 4) is 0 Å². The average Bonchev–Trinajstić information content (AvgIpc) is 3.05. The number of rotatable bonds is 9. The molecule has 3 unspecified atom stereocenters. The lowest BCUT2D eigenvalue weighted by Crippen LogP contribution is -2.63. The fourth-order valence-corrected chi connectivity index (χ4v) is 3.29. The Hall–Kier alpha value is -0.870. The maximum absolute atomic E-state index is 10.8. The van der Waals surface area contributed by atoms with Crippen LogP contribution in [0.1, 0.15) is 59.4 Å². The van der Waals surface area contributed by atoms with Crippen LogP contribution in [-0.4, -0.2) is 52.7 Å². The summed E-state index contributed by atoms with van der Waals surface area (Å²) in [5.74, 6) is 0.728. The molecule has 0 aromatic carbocycles. The second kappa shape index (κ2) is 10.8. The topological polar surface area (TPSA) is 83.7 Å². The molecule has 7 nitrogen and oxygen atoms in total. The van der Waals surface area contributed by atoms with Gasteiger partial charge >= 0.3 is 0 Å². The number of hydrogen-bond donors (Lipinski definition) is 3. The van der Waals surface area contributed by atoms with Crippen LogP contribution in [0.3, 0.4) is 0 Å². The summed E-state index contributed by atoms with van der Waals surface area (Å²) in [7, 11) is 1.84. The number of unbranched alkanes of at least 4 members (excludes halogenated alkanes) is 1. The third kappa shape index (κ3) is 6.32. The van der Waals surface area contributed by atoms with Crippen molar-refractivity contribution in [1.82, 2.24) is 20.4 Å². The molecular weight excluding hydrogens is 469 g/mol. The van der Waals surface area contributed by atoms with Gasteiger partial charge < -0.3 is 20.5 Å². The van der Waals surface area contributed by atoms with Crippen LogP contribution < -0.4 is 10.6 Å². The number of nitrogens with one attached hydrogen (secondary N) is 2. The highest BCUT2D eigenvalue weighted by molar-refractivity contribution is 14.0. The van der Waals surface area contributed by atoms with E-state index in [4.69, 9.17) is 4.74 Å². The number of guanidine groups is 1. The van der Waals surface area contributed by atoms with Crippen molar-refractivity contribution < 1.29 is 9.84 Å². The Bertz CT molecular complexity index is 630. The number of aryl methyl sites for hydroxylation is 1. The third-order valence-corrected chi connectivity index (χ3v) is 5.52. The van der Waals surface area contributed by atoms with Gasteiger partial charge in [-0.2, -0.15) is 5.10 Å². The number of halogens is 1. The van der Waals surface area contributed by atoms with E-state index in [2.05, 4.69) is 41.5 Å². The third-order valence-electron chi connectivity index (χ3n) is 5.52. The molecular formula is C20H38IN5O2. The molecule has 1 aliphatic rings. The molecule has 8 heteroatoms. The highest BCUT2D eigenvalue weighted by Gasteiger charge is 2.49. The maximum atomic E-state index is 10.8. The van der Waals surface area contributed by atoms with Gasteiger partial charge in [0.15, 0.2) is 5.96 Å². The van der Waals surface area contributed by atoms with Crippen LogP contribution in [0.5, 0.6) is 0 Å². The van der Waals surface area contributed by atoms with Crippen molar-refractivity contribution in [1.29, 1.82) is 0 Å². The highest BCUT2D eigenvalue weighted by atomic mass is 127. The molecule has 0 amide bonds. The van der Waals surface area contributed by atoms with Crippen LogP contribution in [-0.2, 0) is 17.4 Å². The lowest BCUT2D eigenvalue weighted by atomic mass is 9.64. The maximum Gasteiger partial charge on any atom is 0.191 e. The molecule has 1 aromatic heterocycles. The summed E-state index contributed by atoms with van der Waals surface area (Å²) in [6, 6.07) is 0.297. The van der Waals surface area contributed by atoms with E-state index in [1.54, 1.807) is 17.8 Å². The van der Waals surface area contributed by atoms with Gasteiger partial charge in [-0.3, -0.25) is 4.68 Å². The van der Waals surface area contributed by atoms with Crippen LogP contribution in [0.15, 0.2) is 17.4 Å². The SMILES string of the molecule is CCCCOC1CC(NC(=NCC(C)(O)c2cnn(C)c2)NCC)C1(C)C.I. The molecule has 1 aromatic rings. The lowest BCUT2D eigenvalue weighted by molar-refractivity contribution is -0.113. The smallest absolute Gasteiger partial charge is 0.191 e. The Balaban J connectivity index is 0.00000392. The lowest BCUT2D eigenvalue weighted by Gasteiger charge is -2.52. The standard InChI is InChI=1S/C20H37N5O2.HI/c1-7-9-10-27-17-11-16(19(17,3)4)24-18(21-8-2)22-14-20(5,26)15-12-23-25(6)13-15;/h12-13,16-17,26H,7-11,14H2,1-6H3,(H2,21,22,24);1H. The summed E-state index contributed by atoms with van der Waals surface area (Å²) in [6.07, 6.45) is 7.02. The van der Waals surface area contributed by atoms with Crippen LogP contribution in [0.4, 0.5) is 0 Å². The van der Waals surface area contributed by atoms with E-state index < -0.39 is 5.60 Å². The second-order valence-corrected chi connectivity index (χ2v) is 8.34. The summed E-state index contributed by atoms with van der Waals surface area (Å²) in [5.41, 5.74) is -0.245. The van der Waals surface area contributed by atoms with E-state index in [1.165, 1.54) is 0 Å². The molecule has 0 radical (unpaired) electrons. The summed E-state index contributed by atoms with van der Waals surface area (Å²) in [6.45, 7) is 12.3. The number of aromatic nitrogens is 2. The van der Waals surface area contributed by atoms with Crippen LogP contribution in [0.25, 0.3) is 0 Å². The molecule has 0 spiro atoms. The zero-order valence-corrected chi connectivity index (χ0v) is 20.5. The first-order chi connectivity index (χ1) is 12.7. The first-order valence-electron chi connectivity index (χ1n) is 10.1. The minimum absolute atomic E-state index is 0. The normalized spacial score (nSPS) is 23.3. The summed E-state index contributed by atoms with van der Waals surface area (Å²) >= 11 is 0. The van der Waals surface area contributed by atoms with Gasteiger partial charge in [0.05, 0.1) is 18.8 Å². The van der Waals surface area contributed by atoms with Gasteiger partial charge in [-0.05, 0) is 26.7 Å². The van der Waals surface area contributed by atoms with E-state index in [9.17, 15) is 5.11 Å². The Morgan fingerprint density at radius 1 is 1.46 bits per heavy atom. The van der Waals surface area contributed by atoms with Crippen molar-refractivity contribution in [3.63, 3.8) is 0 Å². The summed E-state index contributed by atoms with van der Waals surface area (Å²) in [5, 5.41) is 21.7. The zero-order valence-electron chi connectivity index (χ0n) is 18.2. The second-order valence-electron chi connectivity index (χ2n) is 8.34. The Morgan fingerprint density at radius 3 is 2.71 bits per heavy atom. The number of aliphatic hydroxyl groups is 1. The van der Waals surface area contributed by atoms with E-state index in [0.29, 0.717) is 6.04 Å². The Kier molecular flexibility index (Phi) is 9.69. The van der Waals surface area contributed by atoms with Gasteiger partial charge in [-0.25, -0.2) is 4.99 Å². The molecule has 1 heterocycles.